The maximum absolute atomic E-state index is 13.9. The third-order valence-corrected chi connectivity index (χ3v) is 7.43. The van der Waals surface area contributed by atoms with Gasteiger partial charge in [0.05, 0.1) is 5.92 Å². The third kappa shape index (κ3) is 5.58. The molecule has 1 saturated heterocycles. The fourth-order valence-corrected chi connectivity index (χ4v) is 5.47. The van der Waals surface area contributed by atoms with E-state index in [-0.39, 0.29) is 23.9 Å². The van der Waals surface area contributed by atoms with Gasteiger partial charge in [0.2, 0.25) is 5.91 Å². The Kier molecular flexibility index (Phi) is 7.58. The number of amides is 1. The molecule has 3 atom stereocenters. The Bertz CT molecular complexity index is 1230. The molecule has 1 aliphatic heterocycles. The molecular weight excluding hydrogens is 440 g/mol. The van der Waals surface area contributed by atoms with Gasteiger partial charge in [-0.05, 0) is 35.6 Å². The van der Waals surface area contributed by atoms with Crippen molar-refractivity contribution in [2.24, 2.45) is 5.92 Å². The van der Waals surface area contributed by atoms with Gasteiger partial charge in [0.15, 0.2) is 0 Å². The van der Waals surface area contributed by atoms with Gasteiger partial charge in [-0.3, -0.25) is 9.69 Å². The molecule has 5 rings (SSSR count). The number of rotatable bonds is 9. The maximum atomic E-state index is 13.9. The second-order valence-corrected chi connectivity index (χ2v) is 9.81. The van der Waals surface area contributed by atoms with Crippen molar-refractivity contribution in [3.63, 3.8) is 0 Å². The van der Waals surface area contributed by atoms with Crippen molar-refractivity contribution >= 4 is 5.91 Å². The van der Waals surface area contributed by atoms with Crippen LogP contribution in [-0.2, 0) is 24.3 Å². The molecule has 1 fully saturated rings. The Morgan fingerprint density at radius 1 is 0.722 bits per heavy atom. The van der Waals surface area contributed by atoms with Crippen LogP contribution in [0.25, 0.3) is 0 Å². The van der Waals surface area contributed by atoms with E-state index >= 15 is 0 Å². The third-order valence-electron chi connectivity index (χ3n) is 7.43. The van der Waals surface area contributed by atoms with Gasteiger partial charge < -0.3 is 4.90 Å². The highest BCUT2D eigenvalue weighted by molar-refractivity contribution is 5.82. The summed E-state index contributed by atoms with van der Waals surface area (Å²) in [4.78, 5) is 18.6. The largest absolute Gasteiger partial charge is 0.336 e. The zero-order valence-corrected chi connectivity index (χ0v) is 20.9. The van der Waals surface area contributed by atoms with E-state index in [1.54, 1.807) is 0 Å². The first kappa shape index (κ1) is 24.0. The fraction of sp³-hybridized carbons (Fsp3) is 0.242. The lowest BCUT2D eigenvalue weighted by atomic mass is 9.91. The first-order chi connectivity index (χ1) is 17.7. The summed E-state index contributed by atoms with van der Waals surface area (Å²) < 4.78 is 0. The monoisotopic (exact) mass is 474 g/mol. The minimum Gasteiger partial charge on any atom is -0.336 e. The van der Waals surface area contributed by atoms with Crippen molar-refractivity contribution in [2.45, 2.75) is 38.5 Å². The summed E-state index contributed by atoms with van der Waals surface area (Å²) in [5, 5.41) is 0. The zero-order chi connectivity index (χ0) is 24.7. The van der Waals surface area contributed by atoms with Crippen LogP contribution in [0.1, 0.15) is 35.2 Å². The van der Waals surface area contributed by atoms with Gasteiger partial charge in [-0.25, -0.2) is 0 Å². The number of benzene rings is 4. The molecule has 0 bridgehead atoms. The lowest BCUT2D eigenvalue weighted by molar-refractivity contribution is -0.131. The van der Waals surface area contributed by atoms with E-state index in [1.165, 1.54) is 22.3 Å². The summed E-state index contributed by atoms with van der Waals surface area (Å²) in [6.07, 6.45) is 0.752. The molecule has 36 heavy (non-hydrogen) atoms. The number of likely N-dealkylation sites (tertiary alicyclic amines) is 1. The summed E-state index contributed by atoms with van der Waals surface area (Å²) in [5.41, 5.74) is 4.94. The van der Waals surface area contributed by atoms with Crippen LogP contribution in [0.2, 0.25) is 0 Å². The Labute approximate surface area is 215 Å². The minimum absolute atomic E-state index is 0.0917. The molecule has 4 aromatic rings. The van der Waals surface area contributed by atoms with Crippen molar-refractivity contribution in [1.82, 2.24) is 9.80 Å². The molecule has 0 radical (unpaired) electrons. The molecule has 3 heteroatoms. The van der Waals surface area contributed by atoms with E-state index in [4.69, 9.17) is 0 Å². The number of nitrogens with zero attached hydrogens (tertiary/aromatic N) is 2. The number of carbonyl (C=O) groups is 1. The zero-order valence-electron chi connectivity index (χ0n) is 20.9. The Balaban J connectivity index is 1.50. The predicted molar refractivity (Wildman–Crippen MR) is 146 cm³/mol. The molecule has 0 spiro atoms. The van der Waals surface area contributed by atoms with Crippen LogP contribution >= 0.6 is 0 Å². The van der Waals surface area contributed by atoms with E-state index in [0.29, 0.717) is 6.54 Å². The molecule has 0 aromatic heterocycles. The van der Waals surface area contributed by atoms with Crippen LogP contribution in [0.15, 0.2) is 121 Å². The first-order valence-corrected chi connectivity index (χ1v) is 12.9. The Hall–Kier alpha value is -3.69. The number of hydrogen-bond acceptors (Lipinski definition) is 2. The highest BCUT2D eigenvalue weighted by Crippen LogP contribution is 2.34. The molecule has 4 aromatic carbocycles. The van der Waals surface area contributed by atoms with Crippen LogP contribution in [-0.4, -0.2) is 28.3 Å². The quantitative estimate of drug-likeness (QED) is 0.276. The topological polar surface area (TPSA) is 23.6 Å². The average Bonchev–Trinajstić information content (AvgIpc) is 3.23. The summed E-state index contributed by atoms with van der Waals surface area (Å²) in [5.74, 6) is 0.164. The van der Waals surface area contributed by atoms with Crippen molar-refractivity contribution in [3.8, 4) is 0 Å². The highest BCUT2D eigenvalue weighted by atomic mass is 16.2. The van der Waals surface area contributed by atoms with Gasteiger partial charge in [0, 0.05) is 31.7 Å². The highest BCUT2D eigenvalue weighted by Gasteiger charge is 2.44. The molecule has 1 amide bonds. The van der Waals surface area contributed by atoms with Crippen LogP contribution in [0.5, 0.6) is 0 Å². The normalized spacial score (nSPS) is 18.5. The fourth-order valence-electron chi connectivity index (χ4n) is 5.47. The molecule has 0 unspecified atom stereocenters. The second kappa shape index (κ2) is 11.4. The summed E-state index contributed by atoms with van der Waals surface area (Å²) in [6, 6.07) is 42.4. The first-order valence-electron chi connectivity index (χ1n) is 12.9. The van der Waals surface area contributed by atoms with E-state index in [2.05, 4.69) is 114 Å². The second-order valence-electron chi connectivity index (χ2n) is 9.81. The SMILES string of the molecule is C[C@@H](c1ccccc1)N(Cc1ccccc1)[C@H]1CN(Cc2ccccc2)C(=O)[C@@H]1Cc1ccccc1. The summed E-state index contributed by atoms with van der Waals surface area (Å²) in [6.45, 7) is 4.47. The van der Waals surface area contributed by atoms with Gasteiger partial charge >= 0.3 is 0 Å². The molecule has 0 N–H and O–H groups in total. The van der Waals surface area contributed by atoms with E-state index in [9.17, 15) is 4.79 Å². The maximum Gasteiger partial charge on any atom is 0.228 e. The van der Waals surface area contributed by atoms with Gasteiger partial charge in [-0.15, -0.1) is 0 Å². The Morgan fingerprint density at radius 3 is 1.81 bits per heavy atom. The van der Waals surface area contributed by atoms with Crippen LogP contribution in [0.4, 0.5) is 0 Å². The molecular formula is C33H34N2O. The van der Waals surface area contributed by atoms with Crippen molar-refractivity contribution in [1.29, 1.82) is 0 Å². The standard InChI is InChI=1S/C33H34N2O/c1-26(30-20-12-5-13-21-30)35(24-29-18-10-4-11-19-29)32-25-34(23-28-16-8-3-9-17-28)33(36)31(32)22-27-14-6-2-7-15-27/h2-21,26,31-32H,22-25H2,1H3/t26-,31+,32-/m0/s1. The van der Waals surface area contributed by atoms with Crippen molar-refractivity contribution in [3.05, 3.63) is 144 Å². The number of carbonyl (C=O) groups excluding carboxylic acids is 1. The van der Waals surface area contributed by atoms with Crippen LogP contribution in [0.3, 0.4) is 0 Å². The van der Waals surface area contributed by atoms with E-state index in [0.717, 1.165) is 19.5 Å². The number of hydrogen-bond donors (Lipinski definition) is 0. The van der Waals surface area contributed by atoms with Crippen molar-refractivity contribution < 1.29 is 4.79 Å². The molecule has 1 heterocycles. The molecule has 182 valence electrons. The minimum atomic E-state index is -0.0917. The molecule has 1 aliphatic rings. The summed E-state index contributed by atoms with van der Waals surface area (Å²) >= 11 is 0. The molecule has 0 saturated carbocycles. The summed E-state index contributed by atoms with van der Waals surface area (Å²) in [7, 11) is 0. The van der Waals surface area contributed by atoms with Gasteiger partial charge in [-0.1, -0.05) is 121 Å². The molecule has 0 aliphatic carbocycles. The lowest BCUT2D eigenvalue weighted by Crippen LogP contribution is -2.43. The average molecular weight is 475 g/mol. The predicted octanol–water partition coefficient (Wildman–Crippen LogP) is 6.52. The van der Waals surface area contributed by atoms with Crippen molar-refractivity contribution in [2.75, 3.05) is 6.54 Å². The van der Waals surface area contributed by atoms with Gasteiger partial charge in [-0.2, -0.15) is 0 Å². The van der Waals surface area contributed by atoms with Gasteiger partial charge in [0.25, 0.3) is 0 Å². The van der Waals surface area contributed by atoms with E-state index in [1.807, 2.05) is 24.3 Å². The molecule has 3 nitrogen and oxygen atoms in total. The van der Waals surface area contributed by atoms with Gasteiger partial charge in [0.1, 0.15) is 0 Å². The van der Waals surface area contributed by atoms with E-state index < -0.39 is 0 Å². The van der Waals surface area contributed by atoms with Crippen LogP contribution in [0, 0.1) is 5.92 Å². The smallest absolute Gasteiger partial charge is 0.228 e. The Morgan fingerprint density at radius 2 is 1.22 bits per heavy atom. The lowest BCUT2D eigenvalue weighted by Gasteiger charge is -2.37. The van der Waals surface area contributed by atoms with Crippen LogP contribution < -0.4 is 0 Å².